The number of nitrogens with one attached hydrogen (secondary N) is 5. The molecular weight excluding hydrogens is 273 g/mol. The SMILES string of the molecule is CC1NC(c2ccc(CNC3CNCCN3)c(F)c2)NO1. The van der Waals surface area contributed by atoms with Gasteiger partial charge in [-0.25, -0.2) is 4.39 Å². The third-order valence-electron chi connectivity index (χ3n) is 3.75. The normalized spacial score (nSPS) is 29.7. The van der Waals surface area contributed by atoms with E-state index < -0.39 is 0 Å². The molecule has 2 fully saturated rings. The number of halogens is 1. The van der Waals surface area contributed by atoms with Crippen molar-refractivity contribution in [1.29, 1.82) is 0 Å². The Morgan fingerprint density at radius 2 is 2.29 bits per heavy atom. The lowest BCUT2D eigenvalue weighted by Crippen LogP contribution is -2.55. The van der Waals surface area contributed by atoms with Crippen LogP contribution in [-0.2, 0) is 11.4 Å². The Morgan fingerprint density at radius 3 is 2.95 bits per heavy atom. The molecular formula is C14H22FN5O. The molecule has 0 saturated carbocycles. The maximum Gasteiger partial charge on any atom is 0.128 e. The first kappa shape index (κ1) is 14.8. The number of hydrogen-bond acceptors (Lipinski definition) is 6. The van der Waals surface area contributed by atoms with Crippen molar-refractivity contribution in [2.45, 2.75) is 32.0 Å². The number of benzene rings is 1. The zero-order chi connectivity index (χ0) is 14.7. The average molecular weight is 295 g/mol. The van der Waals surface area contributed by atoms with Crippen molar-refractivity contribution >= 4 is 0 Å². The summed E-state index contributed by atoms with van der Waals surface area (Å²) in [5.41, 5.74) is 4.34. The molecule has 2 aliphatic heterocycles. The smallest absolute Gasteiger partial charge is 0.128 e. The van der Waals surface area contributed by atoms with E-state index in [0.29, 0.717) is 12.1 Å². The largest absolute Gasteiger partial charge is 0.313 e. The number of hydroxylamine groups is 1. The highest BCUT2D eigenvalue weighted by molar-refractivity contribution is 5.26. The Labute approximate surface area is 123 Å². The third kappa shape index (κ3) is 3.76. The second kappa shape index (κ2) is 6.78. The highest BCUT2D eigenvalue weighted by Gasteiger charge is 2.22. The van der Waals surface area contributed by atoms with Crippen molar-refractivity contribution in [3.8, 4) is 0 Å². The lowest BCUT2D eigenvalue weighted by atomic mass is 10.1. The minimum absolute atomic E-state index is 0.0794. The summed E-state index contributed by atoms with van der Waals surface area (Å²) in [5.74, 6) is -0.202. The Kier molecular flexibility index (Phi) is 4.79. The van der Waals surface area contributed by atoms with Crippen LogP contribution in [0.2, 0.25) is 0 Å². The van der Waals surface area contributed by atoms with Crippen LogP contribution >= 0.6 is 0 Å². The van der Waals surface area contributed by atoms with Crippen LogP contribution in [0, 0.1) is 5.82 Å². The maximum atomic E-state index is 14.2. The molecule has 1 aromatic rings. The molecule has 3 atom stereocenters. The summed E-state index contributed by atoms with van der Waals surface area (Å²) in [7, 11) is 0. The number of rotatable bonds is 4. The lowest BCUT2D eigenvalue weighted by Gasteiger charge is -2.25. The first-order valence-corrected chi connectivity index (χ1v) is 7.35. The summed E-state index contributed by atoms with van der Waals surface area (Å²) in [6, 6.07) is 5.29. The molecule has 21 heavy (non-hydrogen) atoms. The summed E-state index contributed by atoms with van der Waals surface area (Å²) < 4.78 is 14.2. The molecule has 2 heterocycles. The van der Waals surface area contributed by atoms with Crippen molar-refractivity contribution in [2.24, 2.45) is 0 Å². The van der Waals surface area contributed by atoms with Crippen LogP contribution in [-0.4, -0.2) is 32.0 Å². The molecule has 3 unspecified atom stereocenters. The Bertz CT molecular complexity index is 480. The van der Waals surface area contributed by atoms with Crippen molar-refractivity contribution in [1.82, 2.24) is 26.7 Å². The first-order valence-electron chi connectivity index (χ1n) is 7.35. The van der Waals surface area contributed by atoms with E-state index in [-0.39, 0.29) is 24.4 Å². The van der Waals surface area contributed by atoms with E-state index in [2.05, 4.69) is 26.7 Å². The van der Waals surface area contributed by atoms with Crippen LogP contribution in [0.3, 0.4) is 0 Å². The Morgan fingerprint density at radius 1 is 1.38 bits per heavy atom. The van der Waals surface area contributed by atoms with Crippen LogP contribution in [0.15, 0.2) is 18.2 Å². The number of hydrogen-bond donors (Lipinski definition) is 5. The zero-order valence-corrected chi connectivity index (χ0v) is 12.1. The molecule has 3 rings (SSSR count). The second-order valence-corrected chi connectivity index (χ2v) is 5.42. The van der Waals surface area contributed by atoms with Crippen LogP contribution in [0.5, 0.6) is 0 Å². The summed E-state index contributed by atoms with van der Waals surface area (Å²) in [6.45, 7) is 5.15. The lowest BCUT2D eigenvalue weighted by molar-refractivity contribution is 0.0329. The summed E-state index contributed by atoms with van der Waals surface area (Å²) >= 11 is 0. The molecule has 0 bridgehead atoms. The van der Waals surface area contributed by atoms with Gasteiger partial charge in [0.2, 0.25) is 0 Å². The Balaban J connectivity index is 1.58. The molecule has 0 aromatic heterocycles. The molecule has 0 aliphatic carbocycles. The minimum atomic E-state index is -0.202. The fraction of sp³-hybridized carbons (Fsp3) is 0.571. The van der Waals surface area contributed by atoms with Crippen molar-refractivity contribution in [3.63, 3.8) is 0 Å². The third-order valence-corrected chi connectivity index (χ3v) is 3.75. The summed E-state index contributed by atoms with van der Waals surface area (Å²) in [5, 5.41) is 13.1. The van der Waals surface area contributed by atoms with Crippen LogP contribution in [0.4, 0.5) is 4.39 Å². The van der Waals surface area contributed by atoms with Gasteiger partial charge >= 0.3 is 0 Å². The fourth-order valence-electron chi connectivity index (χ4n) is 2.55. The van der Waals surface area contributed by atoms with E-state index in [0.717, 1.165) is 25.2 Å². The molecule has 1 aromatic carbocycles. The van der Waals surface area contributed by atoms with Gasteiger partial charge in [0.05, 0.1) is 6.17 Å². The maximum absolute atomic E-state index is 14.2. The molecule has 5 N–H and O–H groups in total. The molecule has 116 valence electrons. The van der Waals surface area contributed by atoms with E-state index in [4.69, 9.17) is 4.84 Å². The van der Waals surface area contributed by atoms with Crippen molar-refractivity contribution in [2.75, 3.05) is 19.6 Å². The van der Waals surface area contributed by atoms with Gasteiger partial charge < -0.3 is 5.32 Å². The topological polar surface area (TPSA) is 69.4 Å². The first-order chi connectivity index (χ1) is 10.2. The van der Waals surface area contributed by atoms with Crippen molar-refractivity contribution < 1.29 is 9.23 Å². The quantitative estimate of drug-likeness (QED) is 0.535. The molecule has 0 spiro atoms. The minimum Gasteiger partial charge on any atom is -0.313 e. The van der Waals surface area contributed by atoms with E-state index in [1.165, 1.54) is 0 Å². The highest BCUT2D eigenvalue weighted by Crippen LogP contribution is 2.19. The fourth-order valence-corrected chi connectivity index (χ4v) is 2.55. The monoisotopic (exact) mass is 295 g/mol. The van der Waals surface area contributed by atoms with Gasteiger partial charge in [-0.2, -0.15) is 5.48 Å². The molecule has 2 saturated heterocycles. The predicted molar refractivity (Wildman–Crippen MR) is 77.5 cm³/mol. The molecule has 2 aliphatic rings. The standard InChI is InChI=1S/C14H22FN5O/c1-9-19-14(20-21-9)10-2-3-11(12(15)6-10)7-18-13-8-16-4-5-17-13/h2-3,6,9,13-14,16-20H,4-5,7-8H2,1H3. The zero-order valence-electron chi connectivity index (χ0n) is 12.1. The van der Waals surface area contributed by atoms with Gasteiger partial charge in [-0.1, -0.05) is 12.1 Å². The van der Waals surface area contributed by atoms with Crippen LogP contribution < -0.4 is 26.7 Å². The van der Waals surface area contributed by atoms with Gasteiger partial charge in [-0.15, -0.1) is 0 Å². The van der Waals surface area contributed by atoms with Gasteiger partial charge in [0.15, 0.2) is 0 Å². The van der Waals surface area contributed by atoms with E-state index in [1.807, 2.05) is 19.1 Å². The Hall–Kier alpha value is -1.09. The van der Waals surface area contributed by atoms with Gasteiger partial charge in [-0.3, -0.25) is 20.8 Å². The number of piperazine rings is 1. The molecule has 7 heteroatoms. The van der Waals surface area contributed by atoms with Gasteiger partial charge in [0.25, 0.3) is 0 Å². The van der Waals surface area contributed by atoms with Crippen LogP contribution in [0.1, 0.15) is 24.2 Å². The van der Waals surface area contributed by atoms with E-state index >= 15 is 0 Å². The van der Waals surface area contributed by atoms with Gasteiger partial charge in [0, 0.05) is 31.7 Å². The van der Waals surface area contributed by atoms with Crippen molar-refractivity contribution in [3.05, 3.63) is 35.1 Å². The average Bonchev–Trinajstić information content (AvgIpc) is 2.93. The van der Waals surface area contributed by atoms with Crippen LogP contribution in [0.25, 0.3) is 0 Å². The second-order valence-electron chi connectivity index (χ2n) is 5.42. The summed E-state index contributed by atoms with van der Waals surface area (Å²) in [6.07, 6.45) is -0.0600. The van der Waals surface area contributed by atoms with E-state index in [1.54, 1.807) is 6.07 Å². The summed E-state index contributed by atoms with van der Waals surface area (Å²) in [4.78, 5) is 5.21. The molecule has 6 nitrogen and oxygen atoms in total. The highest BCUT2D eigenvalue weighted by atomic mass is 19.1. The van der Waals surface area contributed by atoms with Gasteiger partial charge in [-0.05, 0) is 18.6 Å². The van der Waals surface area contributed by atoms with Gasteiger partial charge in [0.1, 0.15) is 18.2 Å². The molecule has 0 amide bonds. The predicted octanol–water partition coefficient (Wildman–Crippen LogP) is -0.0968. The molecule has 0 radical (unpaired) electrons. The van der Waals surface area contributed by atoms with E-state index in [9.17, 15) is 4.39 Å².